The summed E-state index contributed by atoms with van der Waals surface area (Å²) < 4.78 is 67.2. The summed E-state index contributed by atoms with van der Waals surface area (Å²) in [5.74, 6) is -0.606. The van der Waals surface area contributed by atoms with E-state index in [9.17, 15) is 21.6 Å². The average molecular weight is 346 g/mol. The number of ether oxygens (including phenoxy) is 1. The molecule has 1 atom stereocenters. The van der Waals surface area contributed by atoms with Crippen molar-refractivity contribution in [1.29, 1.82) is 0 Å². The molecule has 124 valence electrons. The number of halogens is 3. The van der Waals surface area contributed by atoms with Gasteiger partial charge in [0.25, 0.3) is 0 Å². The highest BCUT2D eigenvalue weighted by Gasteiger charge is 2.31. The Hall–Kier alpha value is -2.13. The van der Waals surface area contributed by atoms with Gasteiger partial charge in [-0.1, -0.05) is 12.1 Å². The van der Waals surface area contributed by atoms with Crippen LogP contribution in [0.4, 0.5) is 13.2 Å². The maximum absolute atomic E-state index is 12.3. The minimum atomic E-state index is -4.89. The zero-order valence-electron chi connectivity index (χ0n) is 11.9. The van der Waals surface area contributed by atoms with E-state index in [4.69, 9.17) is 0 Å². The minimum absolute atomic E-state index is 0.331. The number of nitrogens with one attached hydrogen (secondary N) is 1. The van der Waals surface area contributed by atoms with Gasteiger partial charge in [0.05, 0.1) is 16.6 Å². The topological polar surface area (TPSA) is 68.3 Å². The van der Waals surface area contributed by atoms with Crippen LogP contribution in [0.2, 0.25) is 0 Å². The van der Waals surface area contributed by atoms with E-state index in [1.165, 1.54) is 18.3 Å². The fourth-order valence-corrected chi connectivity index (χ4v) is 3.08. The van der Waals surface area contributed by atoms with Crippen LogP contribution in [0.3, 0.4) is 0 Å². The molecule has 0 amide bonds. The lowest BCUT2D eigenvalue weighted by atomic mass is 10.2. The van der Waals surface area contributed by atoms with Gasteiger partial charge in [0.2, 0.25) is 10.0 Å². The Morgan fingerprint density at radius 1 is 1.17 bits per heavy atom. The first kappa shape index (κ1) is 17.2. The first-order valence-corrected chi connectivity index (χ1v) is 7.95. The highest BCUT2D eigenvalue weighted by Crippen LogP contribution is 2.25. The summed E-state index contributed by atoms with van der Waals surface area (Å²) in [7, 11) is -4.02. The van der Waals surface area contributed by atoms with E-state index in [0.29, 0.717) is 5.69 Å². The van der Waals surface area contributed by atoms with E-state index in [0.717, 1.165) is 12.1 Å². The van der Waals surface area contributed by atoms with Crippen LogP contribution >= 0.6 is 0 Å². The molecule has 1 aromatic heterocycles. The van der Waals surface area contributed by atoms with Crippen molar-refractivity contribution in [3.05, 3.63) is 54.4 Å². The Morgan fingerprint density at radius 3 is 2.52 bits per heavy atom. The molecule has 0 saturated heterocycles. The molecule has 0 aliphatic heterocycles. The SMILES string of the molecule is C[C@@H](NS(=O)(=O)c1cccc(OC(F)(F)F)c1)c1ccccn1. The van der Waals surface area contributed by atoms with Crippen LogP contribution in [0.1, 0.15) is 18.7 Å². The maximum Gasteiger partial charge on any atom is 0.573 e. The van der Waals surface area contributed by atoms with Crippen LogP contribution in [0.5, 0.6) is 5.75 Å². The minimum Gasteiger partial charge on any atom is -0.406 e. The molecule has 0 aliphatic carbocycles. The summed E-state index contributed by atoms with van der Waals surface area (Å²) in [5.41, 5.74) is 0.485. The van der Waals surface area contributed by atoms with Gasteiger partial charge in [0, 0.05) is 12.3 Å². The molecule has 0 bridgehead atoms. The van der Waals surface area contributed by atoms with E-state index < -0.39 is 28.2 Å². The fraction of sp³-hybridized carbons (Fsp3) is 0.214. The molecule has 2 aromatic rings. The summed E-state index contributed by atoms with van der Waals surface area (Å²) in [6.07, 6.45) is -3.38. The van der Waals surface area contributed by atoms with Crippen molar-refractivity contribution in [2.75, 3.05) is 0 Å². The first-order chi connectivity index (χ1) is 10.7. The number of hydrogen-bond acceptors (Lipinski definition) is 4. The second-order valence-electron chi connectivity index (χ2n) is 4.62. The Balaban J connectivity index is 2.21. The quantitative estimate of drug-likeness (QED) is 0.904. The predicted molar refractivity (Wildman–Crippen MR) is 76.1 cm³/mol. The van der Waals surface area contributed by atoms with Gasteiger partial charge in [0.15, 0.2) is 0 Å². The van der Waals surface area contributed by atoms with Gasteiger partial charge >= 0.3 is 6.36 Å². The maximum atomic E-state index is 12.3. The van der Waals surface area contributed by atoms with E-state index in [2.05, 4.69) is 14.4 Å². The largest absolute Gasteiger partial charge is 0.573 e. The standard InChI is InChI=1S/C14H13F3N2O3S/c1-10(13-7-2-3-8-18-13)19-23(20,21)12-6-4-5-11(9-12)22-14(15,16)17/h2-10,19H,1H3/t10-/m1/s1. The molecule has 5 nitrogen and oxygen atoms in total. The Kier molecular flexibility index (Phi) is 4.90. The third-order valence-corrected chi connectivity index (χ3v) is 4.35. The fourth-order valence-electron chi connectivity index (χ4n) is 1.83. The lowest BCUT2D eigenvalue weighted by Crippen LogP contribution is -2.27. The van der Waals surface area contributed by atoms with Gasteiger partial charge in [-0.15, -0.1) is 13.2 Å². The lowest BCUT2D eigenvalue weighted by Gasteiger charge is -2.15. The Bertz CT molecular complexity index is 764. The van der Waals surface area contributed by atoms with E-state index in [-0.39, 0.29) is 4.90 Å². The van der Waals surface area contributed by atoms with Gasteiger partial charge < -0.3 is 4.74 Å². The van der Waals surface area contributed by atoms with Crippen molar-refractivity contribution >= 4 is 10.0 Å². The van der Waals surface area contributed by atoms with Gasteiger partial charge in [-0.25, -0.2) is 13.1 Å². The van der Waals surface area contributed by atoms with E-state index in [1.807, 2.05) is 0 Å². The molecule has 1 N–H and O–H groups in total. The molecule has 2 rings (SSSR count). The number of alkyl halides is 3. The van der Waals surface area contributed by atoms with Crippen molar-refractivity contribution in [2.45, 2.75) is 24.2 Å². The Labute approximate surface area is 131 Å². The number of aromatic nitrogens is 1. The van der Waals surface area contributed by atoms with Crippen molar-refractivity contribution in [2.24, 2.45) is 0 Å². The van der Waals surface area contributed by atoms with E-state index in [1.54, 1.807) is 25.1 Å². The summed E-state index contributed by atoms with van der Waals surface area (Å²) in [6, 6.07) is 8.55. The third kappa shape index (κ3) is 4.93. The van der Waals surface area contributed by atoms with Crippen molar-refractivity contribution in [3.8, 4) is 5.75 Å². The smallest absolute Gasteiger partial charge is 0.406 e. The molecular formula is C14H13F3N2O3S. The molecule has 0 radical (unpaired) electrons. The molecule has 23 heavy (non-hydrogen) atoms. The summed E-state index contributed by atoms with van der Waals surface area (Å²) >= 11 is 0. The predicted octanol–water partition coefficient (Wildman–Crippen LogP) is 3.02. The highest BCUT2D eigenvalue weighted by molar-refractivity contribution is 7.89. The monoisotopic (exact) mass is 346 g/mol. The first-order valence-electron chi connectivity index (χ1n) is 6.46. The average Bonchev–Trinajstić information content (AvgIpc) is 2.46. The van der Waals surface area contributed by atoms with Crippen LogP contribution < -0.4 is 9.46 Å². The van der Waals surface area contributed by atoms with Gasteiger partial charge in [-0.05, 0) is 31.2 Å². The summed E-state index contributed by atoms with van der Waals surface area (Å²) in [4.78, 5) is 3.69. The molecule has 1 aromatic carbocycles. The molecule has 1 heterocycles. The molecule has 0 spiro atoms. The number of nitrogens with zero attached hydrogens (tertiary/aromatic N) is 1. The lowest BCUT2D eigenvalue weighted by molar-refractivity contribution is -0.274. The number of rotatable bonds is 5. The normalized spacial score (nSPS) is 13.6. The van der Waals surface area contributed by atoms with Crippen LogP contribution in [0, 0.1) is 0 Å². The zero-order chi connectivity index (χ0) is 17.1. The number of sulfonamides is 1. The van der Waals surface area contributed by atoms with Gasteiger partial charge in [-0.2, -0.15) is 0 Å². The van der Waals surface area contributed by atoms with E-state index >= 15 is 0 Å². The molecule has 9 heteroatoms. The highest BCUT2D eigenvalue weighted by atomic mass is 32.2. The van der Waals surface area contributed by atoms with Crippen LogP contribution in [0.25, 0.3) is 0 Å². The third-order valence-electron chi connectivity index (χ3n) is 2.81. The van der Waals surface area contributed by atoms with Crippen molar-refractivity contribution < 1.29 is 26.3 Å². The summed E-state index contributed by atoms with van der Waals surface area (Å²) in [5, 5.41) is 0. The van der Waals surface area contributed by atoms with Crippen molar-refractivity contribution in [3.63, 3.8) is 0 Å². The molecule has 0 fully saturated rings. The summed E-state index contributed by atoms with van der Waals surface area (Å²) in [6.45, 7) is 1.58. The second kappa shape index (κ2) is 6.55. The zero-order valence-corrected chi connectivity index (χ0v) is 12.7. The van der Waals surface area contributed by atoms with Crippen molar-refractivity contribution in [1.82, 2.24) is 9.71 Å². The molecule has 0 saturated carbocycles. The Morgan fingerprint density at radius 2 is 1.91 bits per heavy atom. The molecule has 0 aliphatic rings. The molecule has 0 unspecified atom stereocenters. The van der Waals surface area contributed by atoms with Crippen LogP contribution in [-0.2, 0) is 10.0 Å². The number of hydrogen-bond donors (Lipinski definition) is 1. The van der Waals surface area contributed by atoms with Crippen LogP contribution in [-0.4, -0.2) is 19.8 Å². The second-order valence-corrected chi connectivity index (χ2v) is 6.33. The number of pyridine rings is 1. The van der Waals surface area contributed by atoms with Gasteiger partial charge in [-0.3, -0.25) is 4.98 Å². The molecular weight excluding hydrogens is 333 g/mol. The van der Waals surface area contributed by atoms with Crippen LogP contribution in [0.15, 0.2) is 53.6 Å². The number of benzene rings is 1. The van der Waals surface area contributed by atoms with Gasteiger partial charge in [0.1, 0.15) is 5.75 Å².